The Labute approximate surface area is 248 Å². The van der Waals surface area contributed by atoms with Crippen molar-refractivity contribution in [3.8, 4) is 0 Å². The Kier molecular flexibility index (Phi) is 9.31. The van der Waals surface area contributed by atoms with Gasteiger partial charge in [0, 0.05) is 37.8 Å². The van der Waals surface area contributed by atoms with E-state index in [1.807, 2.05) is 5.32 Å². The maximum Gasteiger partial charge on any atom is 0.289 e. The molecule has 44 heavy (non-hydrogen) atoms. The number of aromatic nitrogens is 5. The van der Waals surface area contributed by atoms with Gasteiger partial charge in [0.1, 0.15) is 17.7 Å². The topological polar surface area (TPSA) is 118 Å². The fraction of sp³-hybridized carbons (Fsp3) is 0.607. The van der Waals surface area contributed by atoms with Crippen LogP contribution in [0, 0.1) is 11.7 Å². The summed E-state index contributed by atoms with van der Waals surface area (Å²) in [7, 11) is 0. The van der Waals surface area contributed by atoms with Crippen molar-refractivity contribution in [3.05, 3.63) is 41.5 Å². The molecule has 0 saturated heterocycles. The molecule has 16 heteroatoms. The van der Waals surface area contributed by atoms with Crippen LogP contribution in [0.1, 0.15) is 99.8 Å². The summed E-state index contributed by atoms with van der Waals surface area (Å²) in [6.07, 6.45) is -0.838. The average molecular weight is 634 g/mol. The molecule has 1 saturated carbocycles. The van der Waals surface area contributed by atoms with Crippen LogP contribution in [-0.2, 0) is 4.79 Å². The molecular formula is C28H34F7N7O2. The molecule has 2 atom stereocenters. The third-order valence-corrected chi connectivity index (χ3v) is 7.55. The lowest BCUT2D eigenvalue weighted by atomic mass is 9.81. The first kappa shape index (κ1) is 33.2. The van der Waals surface area contributed by atoms with Crippen molar-refractivity contribution in [2.45, 2.75) is 95.6 Å². The number of benzene rings is 1. The molecular weight excluding hydrogens is 599 g/mol. The van der Waals surface area contributed by atoms with Crippen LogP contribution in [0.4, 0.5) is 30.7 Å². The zero-order chi connectivity index (χ0) is 32.6. The van der Waals surface area contributed by atoms with Crippen molar-refractivity contribution in [3.63, 3.8) is 0 Å². The number of imidazole rings is 1. The molecule has 4 rings (SSSR count). The first-order valence-corrected chi connectivity index (χ1v) is 14.1. The summed E-state index contributed by atoms with van der Waals surface area (Å²) in [5, 5.41) is 8.70. The highest BCUT2D eigenvalue weighted by molar-refractivity contribution is 5.91. The lowest BCUT2D eigenvalue weighted by molar-refractivity contribution is -0.126. The van der Waals surface area contributed by atoms with Gasteiger partial charge < -0.3 is 15.6 Å². The highest BCUT2D eigenvalue weighted by atomic mass is 19.3. The summed E-state index contributed by atoms with van der Waals surface area (Å²) in [5.41, 5.74) is -0.771. The van der Waals surface area contributed by atoms with E-state index in [2.05, 4.69) is 25.4 Å². The number of nitrogens with one attached hydrogen (secondary N) is 3. The molecule has 3 aromatic rings. The second-order valence-electron chi connectivity index (χ2n) is 11.9. The van der Waals surface area contributed by atoms with Crippen LogP contribution in [0.2, 0.25) is 0 Å². The first-order valence-electron chi connectivity index (χ1n) is 14.1. The molecule has 0 unspecified atom stereocenters. The largest absolute Gasteiger partial charge is 0.350 e. The zero-order valence-electron chi connectivity index (χ0n) is 24.5. The molecule has 1 aromatic carbocycles. The molecule has 0 spiro atoms. The number of amides is 2. The number of alkyl halides is 6. The lowest BCUT2D eigenvalue weighted by Gasteiger charge is -2.33. The quantitative estimate of drug-likeness (QED) is 0.222. The van der Waals surface area contributed by atoms with Gasteiger partial charge in [0.25, 0.3) is 11.8 Å². The van der Waals surface area contributed by atoms with Gasteiger partial charge in [-0.1, -0.05) is 6.07 Å². The minimum absolute atomic E-state index is 0.00941. The number of carbonyl (C=O) groups is 2. The van der Waals surface area contributed by atoms with Crippen LogP contribution in [-0.4, -0.2) is 60.9 Å². The standard InChI is InChI=1S/C28H34F7N7O2/c1-14(2)42-23(37-13-38-42)25(44)41-20(15-7-9-28(34,35)10-8-15)22-39-18-6-5-16(19(29)21(18)40-22)17(11-26(3,30)31)24(43)36-12-27(4,32)33/h5-6,13-15,17,20H,7-12H2,1-4H3,(H,36,43)(H,39,40)(H,41,44)/t17-,20+/m1/s1. The number of hydrogen-bond acceptors (Lipinski definition) is 5. The summed E-state index contributed by atoms with van der Waals surface area (Å²) >= 11 is 0. The maximum absolute atomic E-state index is 15.9. The number of H-pyrrole nitrogens is 1. The zero-order valence-corrected chi connectivity index (χ0v) is 24.5. The SMILES string of the molecule is CC(C)n1ncnc1C(=O)N[C@H](c1nc2c(F)c([C@@H](CC(C)(F)F)C(=O)NCC(C)(F)F)ccc2[nH]1)C1CCC(F)(F)CC1. The first-order chi connectivity index (χ1) is 20.3. The van der Waals surface area contributed by atoms with Gasteiger partial charge in [-0.2, -0.15) is 5.10 Å². The van der Waals surface area contributed by atoms with Crippen LogP contribution in [0.15, 0.2) is 18.5 Å². The van der Waals surface area contributed by atoms with E-state index in [-0.39, 0.29) is 41.6 Å². The summed E-state index contributed by atoms with van der Waals surface area (Å²) in [4.78, 5) is 37.2. The van der Waals surface area contributed by atoms with E-state index in [9.17, 15) is 35.9 Å². The second kappa shape index (κ2) is 12.3. The third kappa shape index (κ3) is 7.86. The molecule has 0 aliphatic heterocycles. The number of nitrogens with zero attached hydrogens (tertiary/aromatic N) is 4. The molecule has 9 nitrogen and oxygen atoms in total. The Morgan fingerprint density at radius 1 is 1.11 bits per heavy atom. The molecule has 2 heterocycles. The molecule has 0 radical (unpaired) electrons. The van der Waals surface area contributed by atoms with E-state index in [0.717, 1.165) is 6.07 Å². The number of aromatic amines is 1. The van der Waals surface area contributed by atoms with Crippen molar-refractivity contribution in [1.82, 2.24) is 35.4 Å². The van der Waals surface area contributed by atoms with E-state index in [4.69, 9.17) is 0 Å². The minimum Gasteiger partial charge on any atom is -0.350 e. The number of halogens is 7. The fourth-order valence-corrected chi connectivity index (χ4v) is 5.36. The number of fused-ring (bicyclic) bond motifs is 1. The van der Waals surface area contributed by atoms with Gasteiger partial charge in [0.2, 0.25) is 23.6 Å². The van der Waals surface area contributed by atoms with Gasteiger partial charge >= 0.3 is 0 Å². The van der Waals surface area contributed by atoms with Crippen LogP contribution in [0.5, 0.6) is 0 Å². The molecule has 0 bridgehead atoms. The lowest BCUT2D eigenvalue weighted by Crippen LogP contribution is -2.39. The predicted molar refractivity (Wildman–Crippen MR) is 145 cm³/mol. The molecule has 1 fully saturated rings. The van der Waals surface area contributed by atoms with E-state index >= 15 is 4.39 Å². The third-order valence-electron chi connectivity index (χ3n) is 7.55. The summed E-state index contributed by atoms with van der Waals surface area (Å²) in [5.74, 6) is -15.1. The Bertz CT molecular complexity index is 1480. The van der Waals surface area contributed by atoms with Crippen LogP contribution in [0.25, 0.3) is 11.0 Å². The number of rotatable bonds is 11. The molecule has 242 valence electrons. The fourth-order valence-electron chi connectivity index (χ4n) is 5.36. The van der Waals surface area contributed by atoms with Gasteiger partial charge in [-0.25, -0.2) is 45.4 Å². The molecule has 3 N–H and O–H groups in total. The van der Waals surface area contributed by atoms with E-state index in [1.165, 1.54) is 17.1 Å². The van der Waals surface area contributed by atoms with Crippen LogP contribution in [0.3, 0.4) is 0 Å². The summed E-state index contributed by atoms with van der Waals surface area (Å²) < 4.78 is 100. The minimum atomic E-state index is -3.45. The number of hydrogen-bond donors (Lipinski definition) is 3. The van der Waals surface area contributed by atoms with E-state index in [0.29, 0.717) is 13.8 Å². The smallest absolute Gasteiger partial charge is 0.289 e. The predicted octanol–water partition coefficient (Wildman–Crippen LogP) is 6.07. The molecule has 1 aliphatic rings. The van der Waals surface area contributed by atoms with Gasteiger partial charge in [-0.15, -0.1) is 0 Å². The van der Waals surface area contributed by atoms with Crippen LogP contribution >= 0.6 is 0 Å². The highest BCUT2D eigenvalue weighted by Crippen LogP contribution is 2.42. The van der Waals surface area contributed by atoms with Gasteiger partial charge in [0.15, 0.2) is 5.82 Å². The second-order valence-corrected chi connectivity index (χ2v) is 11.9. The van der Waals surface area contributed by atoms with Crippen molar-refractivity contribution < 1.29 is 40.3 Å². The van der Waals surface area contributed by atoms with Gasteiger partial charge in [-0.3, -0.25) is 9.59 Å². The molecule has 1 aliphatic carbocycles. The van der Waals surface area contributed by atoms with Crippen molar-refractivity contribution in [2.75, 3.05) is 6.54 Å². The van der Waals surface area contributed by atoms with Crippen molar-refractivity contribution >= 4 is 22.8 Å². The molecule has 2 amide bonds. The highest BCUT2D eigenvalue weighted by Gasteiger charge is 2.41. The Hall–Kier alpha value is -3.72. The Morgan fingerprint density at radius 2 is 1.77 bits per heavy atom. The Balaban J connectivity index is 1.72. The van der Waals surface area contributed by atoms with Gasteiger partial charge in [-0.05, 0) is 45.6 Å². The van der Waals surface area contributed by atoms with E-state index in [1.54, 1.807) is 13.8 Å². The maximum atomic E-state index is 15.9. The molecule has 2 aromatic heterocycles. The summed E-state index contributed by atoms with van der Waals surface area (Å²) in [6.45, 7) is 3.47. The normalized spacial score (nSPS) is 17.5. The Morgan fingerprint density at radius 3 is 2.36 bits per heavy atom. The summed E-state index contributed by atoms with van der Waals surface area (Å²) in [6, 6.07) is 1.14. The van der Waals surface area contributed by atoms with Crippen molar-refractivity contribution in [2.24, 2.45) is 5.92 Å². The van der Waals surface area contributed by atoms with E-state index < -0.39 is 84.6 Å². The van der Waals surface area contributed by atoms with Crippen LogP contribution < -0.4 is 10.6 Å². The van der Waals surface area contributed by atoms with Gasteiger partial charge in [0.05, 0.1) is 24.0 Å². The van der Waals surface area contributed by atoms with Crippen molar-refractivity contribution in [1.29, 1.82) is 0 Å². The number of carbonyl (C=O) groups excluding carboxylic acids is 2. The monoisotopic (exact) mass is 633 g/mol. The average Bonchev–Trinajstić information content (AvgIpc) is 3.57.